The van der Waals surface area contributed by atoms with E-state index in [2.05, 4.69) is 13.8 Å². The molecule has 0 radical (unpaired) electrons. The van der Waals surface area contributed by atoms with Crippen molar-refractivity contribution in [2.24, 2.45) is 11.7 Å². The fourth-order valence-corrected chi connectivity index (χ4v) is 1.30. The van der Waals surface area contributed by atoms with Gasteiger partial charge in [0, 0.05) is 13.1 Å². The van der Waals surface area contributed by atoms with Gasteiger partial charge in [0.1, 0.15) is 0 Å². The molecular weight excluding hydrogens is 154 g/mol. The molecule has 1 aliphatic heterocycles. The average Bonchev–Trinajstić information content (AvgIpc) is 2.04. The lowest BCUT2D eigenvalue weighted by Crippen LogP contribution is -2.49. The van der Waals surface area contributed by atoms with Crippen molar-refractivity contribution in [3.63, 3.8) is 0 Å². The van der Waals surface area contributed by atoms with Crippen molar-refractivity contribution in [3.8, 4) is 0 Å². The van der Waals surface area contributed by atoms with Crippen LogP contribution < -0.4 is 5.73 Å². The van der Waals surface area contributed by atoms with Gasteiger partial charge >= 0.3 is 0 Å². The summed E-state index contributed by atoms with van der Waals surface area (Å²) in [6.45, 7) is 6.43. The minimum absolute atomic E-state index is 0.156. The standard InChI is InChI=1S/C8H17N3O/c1-6(2)7-5-11(8(9)10)3-4-12-7/h6-7H,3-5H2,1-2H3,(H3,9,10)/t7-/m0/s1. The van der Waals surface area contributed by atoms with Crippen molar-refractivity contribution < 1.29 is 4.74 Å². The maximum Gasteiger partial charge on any atom is 0.188 e. The number of morpholine rings is 1. The first-order valence-corrected chi connectivity index (χ1v) is 4.32. The van der Waals surface area contributed by atoms with Gasteiger partial charge in [-0.05, 0) is 5.92 Å². The molecule has 0 aromatic carbocycles. The number of guanidine groups is 1. The molecule has 4 nitrogen and oxygen atoms in total. The fraction of sp³-hybridized carbons (Fsp3) is 0.875. The number of hydrogen-bond donors (Lipinski definition) is 2. The quantitative estimate of drug-likeness (QED) is 0.439. The highest BCUT2D eigenvalue weighted by molar-refractivity contribution is 5.74. The van der Waals surface area contributed by atoms with E-state index < -0.39 is 0 Å². The van der Waals surface area contributed by atoms with Gasteiger partial charge in [0.25, 0.3) is 0 Å². The molecule has 1 saturated heterocycles. The second-order valence-corrected chi connectivity index (χ2v) is 3.48. The summed E-state index contributed by atoms with van der Waals surface area (Å²) in [5.74, 6) is 0.649. The van der Waals surface area contributed by atoms with E-state index in [1.54, 1.807) is 0 Å². The molecule has 0 aromatic rings. The Morgan fingerprint density at radius 3 is 2.83 bits per heavy atom. The lowest BCUT2D eigenvalue weighted by molar-refractivity contribution is -0.0307. The molecule has 1 rings (SSSR count). The van der Waals surface area contributed by atoms with Crippen molar-refractivity contribution in [1.29, 1.82) is 5.41 Å². The monoisotopic (exact) mass is 171 g/mol. The second-order valence-electron chi connectivity index (χ2n) is 3.48. The van der Waals surface area contributed by atoms with E-state index in [1.165, 1.54) is 0 Å². The molecule has 0 aliphatic carbocycles. The van der Waals surface area contributed by atoms with Crippen molar-refractivity contribution >= 4 is 5.96 Å². The van der Waals surface area contributed by atoms with Gasteiger partial charge in [-0.15, -0.1) is 0 Å². The Kier molecular flexibility index (Phi) is 2.92. The number of ether oxygens (including phenoxy) is 1. The number of rotatable bonds is 1. The first-order valence-electron chi connectivity index (χ1n) is 4.32. The molecule has 1 heterocycles. The Balaban J connectivity index is 2.46. The smallest absolute Gasteiger partial charge is 0.188 e. The maximum absolute atomic E-state index is 7.27. The van der Waals surface area contributed by atoms with Crippen LogP contribution in [0.25, 0.3) is 0 Å². The van der Waals surface area contributed by atoms with Crippen LogP contribution in [0.1, 0.15) is 13.8 Å². The zero-order valence-corrected chi connectivity index (χ0v) is 7.71. The van der Waals surface area contributed by atoms with E-state index in [0.717, 1.165) is 13.1 Å². The highest BCUT2D eigenvalue weighted by Gasteiger charge is 2.23. The average molecular weight is 171 g/mol. The molecule has 1 aliphatic rings. The van der Waals surface area contributed by atoms with E-state index in [0.29, 0.717) is 12.5 Å². The van der Waals surface area contributed by atoms with E-state index in [-0.39, 0.29) is 12.1 Å². The Hall–Kier alpha value is -0.770. The van der Waals surface area contributed by atoms with Crippen LogP contribution in [0, 0.1) is 11.3 Å². The van der Waals surface area contributed by atoms with Gasteiger partial charge in [0.15, 0.2) is 5.96 Å². The van der Waals surface area contributed by atoms with Gasteiger partial charge in [-0.3, -0.25) is 5.41 Å². The van der Waals surface area contributed by atoms with Gasteiger partial charge in [-0.2, -0.15) is 0 Å². The van der Waals surface area contributed by atoms with Crippen molar-refractivity contribution in [3.05, 3.63) is 0 Å². The summed E-state index contributed by atoms with van der Waals surface area (Å²) < 4.78 is 5.53. The van der Waals surface area contributed by atoms with Gasteiger partial charge in [-0.1, -0.05) is 13.8 Å². The summed E-state index contributed by atoms with van der Waals surface area (Å²) in [5, 5.41) is 7.27. The molecule has 0 spiro atoms. The molecule has 12 heavy (non-hydrogen) atoms. The topological polar surface area (TPSA) is 62.3 Å². The van der Waals surface area contributed by atoms with E-state index in [1.807, 2.05) is 4.90 Å². The summed E-state index contributed by atoms with van der Waals surface area (Å²) in [4.78, 5) is 1.86. The zero-order valence-electron chi connectivity index (χ0n) is 7.71. The second kappa shape index (κ2) is 3.76. The largest absolute Gasteiger partial charge is 0.374 e. The van der Waals surface area contributed by atoms with Crippen LogP contribution in [-0.2, 0) is 4.74 Å². The lowest BCUT2D eigenvalue weighted by Gasteiger charge is -2.34. The molecule has 3 N–H and O–H groups in total. The first kappa shape index (κ1) is 9.32. The molecule has 70 valence electrons. The Bertz CT molecular complexity index is 170. The number of hydrogen-bond acceptors (Lipinski definition) is 2. The number of nitrogens with one attached hydrogen (secondary N) is 1. The maximum atomic E-state index is 7.27. The summed E-state index contributed by atoms with van der Waals surface area (Å²) >= 11 is 0. The van der Waals surface area contributed by atoms with Crippen LogP contribution >= 0.6 is 0 Å². The Morgan fingerprint density at radius 2 is 2.33 bits per heavy atom. The van der Waals surface area contributed by atoms with Gasteiger partial charge in [-0.25, -0.2) is 0 Å². The van der Waals surface area contributed by atoms with E-state index in [9.17, 15) is 0 Å². The van der Waals surface area contributed by atoms with Gasteiger partial charge < -0.3 is 15.4 Å². The molecule has 0 amide bonds. The first-order chi connectivity index (χ1) is 5.61. The summed E-state index contributed by atoms with van der Waals surface area (Å²) in [6, 6.07) is 0. The fourth-order valence-electron chi connectivity index (χ4n) is 1.30. The SMILES string of the molecule is CC(C)[C@@H]1CN(C(=N)N)CCO1. The van der Waals surface area contributed by atoms with Gasteiger partial charge in [0.2, 0.25) is 0 Å². The minimum atomic E-state index is 0.156. The number of nitrogens with zero attached hydrogens (tertiary/aromatic N) is 1. The van der Waals surface area contributed by atoms with Crippen LogP contribution in [0.2, 0.25) is 0 Å². The van der Waals surface area contributed by atoms with Crippen molar-refractivity contribution in [2.45, 2.75) is 20.0 Å². The predicted molar refractivity (Wildman–Crippen MR) is 48.1 cm³/mol. The van der Waals surface area contributed by atoms with Crippen LogP contribution in [0.15, 0.2) is 0 Å². The third kappa shape index (κ3) is 2.11. The van der Waals surface area contributed by atoms with Crippen LogP contribution in [0.3, 0.4) is 0 Å². The van der Waals surface area contributed by atoms with Crippen LogP contribution in [0.4, 0.5) is 0 Å². The summed E-state index contributed by atoms with van der Waals surface area (Å²) in [7, 11) is 0. The lowest BCUT2D eigenvalue weighted by atomic mass is 10.1. The number of nitrogens with two attached hydrogens (primary N) is 1. The molecule has 4 heteroatoms. The predicted octanol–water partition coefficient (Wildman–Crippen LogP) is 0.237. The van der Waals surface area contributed by atoms with E-state index in [4.69, 9.17) is 15.9 Å². The Morgan fingerprint density at radius 1 is 1.67 bits per heavy atom. The molecule has 1 atom stereocenters. The molecule has 0 unspecified atom stereocenters. The minimum Gasteiger partial charge on any atom is -0.374 e. The highest BCUT2D eigenvalue weighted by atomic mass is 16.5. The third-order valence-electron chi connectivity index (χ3n) is 2.18. The Labute approximate surface area is 73.2 Å². The third-order valence-corrected chi connectivity index (χ3v) is 2.18. The molecule has 0 aromatic heterocycles. The zero-order chi connectivity index (χ0) is 9.14. The highest BCUT2D eigenvalue weighted by Crippen LogP contribution is 2.12. The molecule has 0 saturated carbocycles. The molecular formula is C8H17N3O. The van der Waals surface area contributed by atoms with Crippen LogP contribution in [-0.4, -0.2) is 36.7 Å². The molecule has 1 fully saturated rings. The van der Waals surface area contributed by atoms with Gasteiger partial charge in [0.05, 0.1) is 12.7 Å². The van der Waals surface area contributed by atoms with E-state index >= 15 is 0 Å². The summed E-state index contributed by atoms with van der Waals surface area (Å²) in [6.07, 6.45) is 0.225. The van der Waals surface area contributed by atoms with Crippen molar-refractivity contribution in [2.75, 3.05) is 19.7 Å². The molecule has 0 bridgehead atoms. The van der Waals surface area contributed by atoms with Crippen molar-refractivity contribution in [1.82, 2.24) is 4.90 Å². The normalized spacial score (nSPS) is 24.6. The summed E-state index contributed by atoms with van der Waals surface area (Å²) in [5.41, 5.74) is 5.38. The van der Waals surface area contributed by atoms with Crippen LogP contribution in [0.5, 0.6) is 0 Å².